The topological polar surface area (TPSA) is 82.6 Å². The normalized spacial score (nSPS) is 10.8. The molecule has 0 saturated carbocycles. The largest absolute Gasteiger partial charge is 0.491 e. The van der Waals surface area contributed by atoms with E-state index < -0.39 is 0 Å². The van der Waals surface area contributed by atoms with Gasteiger partial charge in [0.05, 0.1) is 12.7 Å². The van der Waals surface area contributed by atoms with Gasteiger partial charge in [-0.25, -0.2) is 9.97 Å². The average Bonchev–Trinajstić information content (AvgIpc) is 3.20. The van der Waals surface area contributed by atoms with Crippen LogP contribution < -0.4 is 14.8 Å². The summed E-state index contributed by atoms with van der Waals surface area (Å²) in [6, 6.07) is 11.1. The van der Waals surface area contributed by atoms with Gasteiger partial charge in [0.15, 0.2) is 0 Å². The highest BCUT2D eigenvalue weighted by molar-refractivity contribution is 7.13. The molecule has 1 amide bonds. The molecule has 3 rings (SSSR count). The van der Waals surface area contributed by atoms with Crippen molar-refractivity contribution in [3.8, 4) is 22.2 Å². The Morgan fingerprint density at radius 2 is 1.97 bits per heavy atom. The Hall–Kier alpha value is -2.97. The lowest BCUT2D eigenvalue weighted by Crippen LogP contribution is -2.14. The van der Waals surface area contributed by atoms with Gasteiger partial charge in [0.2, 0.25) is 5.88 Å². The van der Waals surface area contributed by atoms with Crippen LogP contribution in [-0.2, 0) is 4.74 Å². The molecule has 8 heteroatoms. The van der Waals surface area contributed by atoms with Crippen LogP contribution >= 0.6 is 11.3 Å². The fourth-order valence-electron chi connectivity index (χ4n) is 2.47. The van der Waals surface area contributed by atoms with Gasteiger partial charge < -0.3 is 19.5 Å². The molecule has 1 N–H and O–H groups in total. The monoisotopic (exact) mass is 413 g/mol. The van der Waals surface area contributed by atoms with Gasteiger partial charge in [-0.15, -0.1) is 11.3 Å². The molecule has 0 atom stereocenters. The van der Waals surface area contributed by atoms with E-state index in [-0.39, 0.29) is 12.0 Å². The smallest absolute Gasteiger partial charge is 0.275 e. The minimum atomic E-state index is -0.322. The number of nitrogens with one attached hydrogen (secondary N) is 1. The number of nitrogens with zero attached hydrogens (tertiary/aromatic N) is 2. The Morgan fingerprint density at radius 3 is 2.69 bits per heavy atom. The first-order valence-corrected chi connectivity index (χ1v) is 10.1. The summed E-state index contributed by atoms with van der Waals surface area (Å²) in [7, 11) is 1.59. The van der Waals surface area contributed by atoms with Crippen molar-refractivity contribution in [2.75, 3.05) is 25.6 Å². The molecule has 0 spiro atoms. The number of carbonyl (C=O) groups excluding carboxylic acids is 1. The molecule has 3 aromatic rings. The number of methoxy groups -OCH3 is 1. The number of hydrogen-bond acceptors (Lipinski definition) is 7. The predicted molar refractivity (Wildman–Crippen MR) is 113 cm³/mol. The molecule has 0 aliphatic carbocycles. The molecule has 0 fully saturated rings. The second kappa shape index (κ2) is 9.99. The van der Waals surface area contributed by atoms with E-state index >= 15 is 0 Å². The van der Waals surface area contributed by atoms with Crippen LogP contribution in [0.2, 0.25) is 0 Å². The van der Waals surface area contributed by atoms with E-state index in [0.29, 0.717) is 30.5 Å². The number of pyridine rings is 1. The van der Waals surface area contributed by atoms with Crippen LogP contribution in [0.3, 0.4) is 0 Å². The predicted octanol–water partition coefficient (Wildman–Crippen LogP) is 4.27. The Kier molecular flexibility index (Phi) is 7.15. The highest BCUT2D eigenvalue weighted by Crippen LogP contribution is 2.27. The number of benzene rings is 1. The summed E-state index contributed by atoms with van der Waals surface area (Å²) in [5, 5.41) is 5.29. The van der Waals surface area contributed by atoms with Crippen molar-refractivity contribution in [1.29, 1.82) is 0 Å². The first kappa shape index (κ1) is 20.8. The summed E-state index contributed by atoms with van der Waals surface area (Å²) < 4.78 is 16.2. The Morgan fingerprint density at radius 1 is 1.17 bits per heavy atom. The van der Waals surface area contributed by atoms with Gasteiger partial charge >= 0.3 is 0 Å². The van der Waals surface area contributed by atoms with Crippen LogP contribution in [0, 0.1) is 0 Å². The van der Waals surface area contributed by atoms with E-state index in [9.17, 15) is 4.79 Å². The average molecular weight is 413 g/mol. The third-order valence-corrected chi connectivity index (χ3v) is 4.65. The molecule has 1 aromatic carbocycles. The fourth-order valence-corrected chi connectivity index (χ4v) is 3.27. The lowest BCUT2D eigenvalue weighted by atomic mass is 10.2. The van der Waals surface area contributed by atoms with Gasteiger partial charge in [-0.1, -0.05) is 0 Å². The number of amides is 1. The highest BCUT2D eigenvalue weighted by Gasteiger charge is 2.15. The van der Waals surface area contributed by atoms with Gasteiger partial charge in [0.25, 0.3) is 5.91 Å². The molecule has 29 heavy (non-hydrogen) atoms. The van der Waals surface area contributed by atoms with Crippen molar-refractivity contribution in [1.82, 2.24) is 9.97 Å². The maximum Gasteiger partial charge on any atom is 0.275 e. The summed E-state index contributed by atoms with van der Waals surface area (Å²) in [5.41, 5.74) is 1.74. The van der Waals surface area contributed by atoms with Crippen LogP contribution in [0.1, 0.15) is 24.3 Å². The first-order chi connectivity index (χ1) is 14.1. The van der Waals surface area contributed by atoms with Gasteiger partial charge in [0.1, 0.15) is 28.7 Å². The maximum atomic E-state index is 12.6. The number of thiazole rings is 1. The Bertz CT molecular complexity index is 941. The Labute approximate surface area is 173 Å². The lowest BCUT2D eigenvalue weighted by Gasteiger charge is -2.10. The lowest BCUT2D eigenvalue weighted by molar-refractivity contribution is 0.102. The minimum Gasteiger partial charge on any atom is -0.491 e. The van der Waals surface area contributed by atoms with E-state index in [4.69, 9.17) is 14.2 Å². The highest BCUT2D eigenvalue weighted by atomic mass is 32.1. The number of carbonyl (C=O) groups is 1. The van der Waals surface area contributed by atoms with Crippen LogP contribution in [0.5, 0.6) is 11.6 Å². The molecule has 0 saturated heterocycles. The standard InChI is InChI=1S/C21H23N3O4S/c1-14(2)28-16-8-6-15(7-9-16)21-24-18(13-29-21)19(25)23-17-5-4-10-22-20(17)27-12-11-26-3/h4-10,13-14H,11-12H2,1-3H3,(H,23,25). The van der Waals surface area contributed by atoms with E-state index in [1.54, 1.807) is 30.8 Å². The minimum absolute atomic E-state index is 0.117. The summed E-state index contributed by atoms with van der Waals surface area (Å²) >= 11 is 1.41. The number of anilines is 1. The molecule has 0 aliphatic heterocycles. The first-order valence-electron chi connectivity index (χ1n) is 9.17. The maximum absolute atomic E-state index is 12.6. The van der Waals surface area contributed by atoms with Gasteiger partial charge in [0, 0.05) is 24.3 Å². The van der Waals surface area contributed by atoms with Crippen molar-refractivity contribution >= 4 is 22.9 Å². The molecule has 7 nitrogen and oxygen atoms in total. The summed E-state index contributed by atoms with van der Waals surface area (Å²) in [4.78, 5) is 21.2. The molecule has 2 aromatic heterocycles. The molecule has 0 radical (unpaired) electrons. The molecule has 0 unspecified atom stereocenters. The second-order valence-corrected chi connectivity index (χ2v) is 7.24. The van der Waals surface area contributed by atoms with Gasteiger partial charge in [-0.3, -0.25) is 4.79 Å². The van der Waals surface area contributed by atoms with Crippen LogP contribution in [0.15, 0.2) is 48.0 Å². The van der Waals surface area contributed by atoms with Crippen LogP contribution in [0.25, 0.3) is 10.6 Å². The number of ether oxygens (including phenoxy) is 3. The number of aromatic nitrogens is 2. The van der Waals surface area contributed by atoms with E-state index in [2.05, 4.69) is 15.3 Å². The molecule has 2 heterocycles. The zero-order chi connectivity index (χ0) is 20.6. The Balaban J connectivity index is 1.68. The molecule has 0 aliphatic rings. The zero-order valence-electron chi connectivity index (χ0n) is 16.5. The van der Waals surface area contributed by atoms with Crippen molar-refractivity contribution in [2.45, 2.75) is 20.0 Å². The third-order valence-electron chi connectivity index (χ3n) is 3.76. The third kappa shape index (κ3) is 5.75. The van der Waals surface area contributed by atoms with Crippen LogP contribution in [0.4, 0.5) is 5.69 Å². The quantitative estimate of drug-likeness (QED) is 0.528. The van der Waals surface area contributed by atoms with Gasteiger partial charge in [-0.2, -0.15) is 0 Å². The van der Waals surface area contributed by atoms with Crippen molar-refractivity contribution in [3.05, 3.63) is 53.7 Å². The van der Waals surface area contributed by atoms with Crippen molar-refractivity contribution in [2.24, 2.45) is 0 Å². The van der Waals surface area contributed by atoms with E-state index in [0.717, 1.165) is 16.3 Å². The summed E-state index contributed by atoms with van der Waals surface area (Å²) in [5.74, 6) is 0.821. The second-order valence-electron chi connectivity index (χ2n) is 6.38. The molecular weight excluding hydrogens is 390 g/mol. The van der Waals surface area contributed by atoms with Crippen molar-refractivity contribution in [3.63, 3.8) is 0 Å². The number of rotatable bonds is 9. The molecule has 0 bridgehead atoms. The zero-order valence-corrected chi connectivity index (χ0v) is 17.4. The summed E-state index contributed by atoms with van der Waals surface area (Å²) in [6.45, 7) is 4.74. The summed E-state index contributed by atoms with van der Waals surface area (Å²) in [6.07, 6.45) is 1.72. The van der Waals surface area contributed by atoms with Gasteiger partial charge in [-0.05, 0) is 50.2 Å². The fraction of sp³-hybridized carbons (Fsp3) is 0.286. The van der Waals surface area contributed by atoms with Crippen molar-refractivity contribution < 1.29 is 19.0 Å². The van der Waals surface area contributed by atoms with E-state index in [1.807, 2.05) is 38.1 Å². The van der Waals surface area contributed by atoms with Crippen LogP contribution in [-0.4, -0.2) is 42.3 Å². The van der Waals surface area contributed by atoms with E-state index in [1.165, 1.54) is 11.3 Å². The number of hydrogen-bond donors (Lipinski definition) is 1. The SMILES string of the molecule is COCCOc1ncccc1NC(=O)c1csc(-c2ccc(OC(C)C)cc2)n1. The molecular formula is C21H23N3O4S. The molecule has 152 valence electrons.